The molecule has 0 unspecified atom stereocenters. The number of halogens is 3. The molecule has 0 aliphatic rings. The highest BCUT2D eigenvalue weighted by Crippen LogP contribution is 2.32. The molecule has 0 aliphatic carbocycles. The maximum absolute atomic E-state index is 12.4. The summed E-state index contributed by atoms with van der Waals surface area (Å²) in [6.07, 6.45) is -4.53. The first-order chi connectivity index (χ1) is 8.68. The Bertz CT molecular complexity index is 541. The molecule has 0 aromatic heterocycles. The van der Waals surface area contributed by atoms with Crippen LogP contribution in [0.2, 0.25) is 0 Å². The second-order valence-corrected chi connectivity index (χ2v) is 7.24. The summed E-state index contributed by atoms with van der Waals surface area (Å²) in [6, 6.07) is 2.31. The van der Waals surface area contributed by atoms with E-state index in [0.717, 1.165) is 17.9 Å². The van der Waals surface area contributed by atoms with E-state index in [0.29, 0.717) is 11.8 Å². The van der Waals surface area contributed by atoms with Gasteiger partial charge in [-0.2, -0.15) is 24.9 Å². The van der Waals surface area contributed by atoms with E-state index in [1.165, 1.54) is 11.8 Å². The highest BCUT2D eigenvalue weighted by atomic mass is 32.2. The number of nitrogens with two attached hydrogens (primary N) is 1. The van der Waals surface area contributed by atoms with Crippen molar-refractivity contribution in [3.8, 4) is 0 Å². The van der Waals surface area contributed by atoms with Gasteiger partial charge in [-0.3, -0.25) is 0 Å². The maximum Gasteiger partial charge on any atom is 0.416 e. The first-order valence-corrected chi connectivity index (χ1v) is 8.26. The molecular weight excluding hydrogens is 299 g/mol. The lowest BCUT2D eigenvalue weighted by Crippen LogP contribution is -2.13. The van der Waals surface area contributed by atoms with Crippen LogP contribution in [0.15, 0.2) is 23.1 Å². The monoisotopic (exact) mass is 313 g/mol. The number of thioether (sulfide) groups is 1. The van der Waals surface area contributed by atoms with Crippen molar-refractivity contribution in [3.63, 3.8) is 0 Å². The van der Waals surface area contributed by atoms with Crippen LogP contribution >= 0.6 is 11.8 Å². The third-order valence-electron chi connectivity index (χ3n) is 2.37. The smallest absolute Gasteiger partial charge is 0.398 e. The number of hydrogen-bond donors (Lipinski definition) is 1. The van der Waals surface area contributed by atoms with E-state index in [1.54, 1.807) is 0 Å². The molecule has 0 aliphatic heterocycles. The van der Waals surface area contributed by atoms with Crippen LogP contribution in [0.5, 0.6) is 0 Å². The van der Waals surface area contributed by atoms with Gasteiger partial charge in [0.05, 0.1) is 21.9 Å². The summed E-state index contributed by atoms with van der Waals surface area (Å²) in [5, 5.41) is 0. The van der Waals surface area contributed by atoms with Crippen LogP contribution in [0, 0.1) is 0 Å². The zero-order chi connectivity index (χ0) is 14.7. The van der Waals surface area contributed by atoms with Gasteiger partial charge in [0.2, 0.25) is 0 Å². The minimum absolute atomic E-state index is 0.138. The quantitative estimate of drug-likeness (QED) is 0.671. The lowest BCUT2D eigenvalue weighted by molar-refractivity contribution is -0.137. The SMILES string of the molecule is CCSCCS(=O)(=O)c1ccc(C(F)(F)F)cc1N. The Morgan fingerprint density at radius 1 is 1.32 bits per heavy atom. The number of sulfone groups is 1. The fourth-order valence-electron chi connectivity index (χ4n) is 1.43. The van der Waals surface area contributed by atoms with E-state index < -0.39 is 21.6 Å². The van der Waals surface area contributed by atoms with Crippen molar-refractivity contribution in [2.75, 3.05) is 23.0 Å². The highest BCUT2D eigenvalue weighted by molar-refractivity contribution is 8.00. The molecule has 0 radical (unpaired) electrons. The van der Waals surface area contributed by atoms with Crippen LogP contribution in [0.1, 0.15) is 12.5 Å². The molecule has 0 fully saturated rings. The average molecular weight is 313 g/mol. The molecule has 1 rings (SSSR count). The Labute approximate surface area is 114 Å². The first kappa shape index (κ1) is 16.2. The van der Waals surface area contributed by atoms with Crippen molar-refractivity contribution >= 4 is 27.3 Å². The van der Waals surface area contributed by atoms with E-state index in [2.05, 4.69) is 0 Å². The molecule has 1 aromatic carbocycles. The van der Waals surface area contributed by atoms with E-state index >= 15 is 0 Å². The molecule has 0 amide bonds. The van der Waals surface area contributed by atoms with Crippen LogP contribution in [0.25, 0.3) is 0 Å². The molecule has 0 heterocycles. The van der Waals surface area contributed by atoms with Crippen LogP contribution in [-0.4, -0.2) is 25.7 Å². The molecule has 0 saturated heterocycles. The van der Waals surface area contributed by atoms with Gasteiger partial charge in [0, 0.05) is 5.75 Å². The van der Waals surface area contributed by atoms with Crippen LogP contribution in [-0.2, 0) is 16.0 Å². The number of benzene rings is 1. The fourth-order valence-corrected chi connectivity index (χ4v) is 3.98. The summed E-state index contributed by atoms with van der Waals surface area (Å²) >= 11 is 1.44. The van der Waals surface area contributed by atoms with E-state index in [9.17, 15) is 21.6 Å². The second kappa shape index (κ2) is 6.04. The summed E-state index contributed by atoms with van der Waals surface area (Å²) in [5.74, 6) is 1.03. The molecule has 0 spiro atoms. The van der Waals surface area contributed by atoms with Crippen molar-refractivity contribution in [1.82, 2.24) is 0 Å². The fraction of sp³-hybridized carbons (Fsp3) is 0.455. The third kappa shape index (κ3) is 4.31. The van der Waals surface area contributed by atoms with Crippen LogP contribution in [0.4, 0.5) is 18.9 Å². The minimum atomic E-state index is -4.53. The topological polar surface area (TPSA) is 60.2 Å². The van der Waals surface area contributed by atoms with Gasteiger partial charge < -0.3 is 5.73 Å². The Morgan fingerprint density at radius 2 is 1.95 bits per heavy atom. The number of anilines is 1. The van der Waals surface area contributed by atoms with Gasteiger partial charge in [-0.05, 0) is 24.0 Å². The molecule has 8 heteroatoms. The largest absolute Gasteiger partial charge is 0.416 e. The Kier molecular flexibility index (Phi) is 5.14. The molecule has 0 saturated carbocycles. The van der Waals surface area contributed by atoms with Crippen molar-refractivity contribution in [1.29, 1.82) is 0 Å². The predicted molar refractivity (Wildman–Crippen MR) is 70.9 cm³/mol. The zero-order valence-corrected chi connectivity index (χ0v) is 11.8. The van der Waals surface area contributed by atoms with E-state index in [1.807, 2.05) is 6.92 Å². The predicted octanol–water partition coefficient (Wildman–Crippen LogP) is 2.81. The zero-order valence-electron chi connectivity index (χ0n) is 10.2. The maximum atomic E-state index is 12.4. The van der Waals surface area contributed by atoms with Gasteiger partial charge >= 0.3 is 6.18 Å². The van der Waals surface area contributed by atoms with Crippen molar-refractivity contribution in [3.05, 3.63) is 23.8 Å². The van der Waals surface area contributed by atoms with Crippen molar-refractivity contribution in [2.24, 2.45) is 0 Å². The van der Waals surface area contributed by atoms with Gasteiger partial charge in [0.15, 0.2) is 9.84 Å². The number of nitrogen functional groups attached to an aromatic ring is 1. The normalized spacial score (nSPS) is 12.6. The lowest BCUT2D eigenvalue weighted by Gasteiger charge is -2.11. The number of alkyl halides is 3. The highest BCUT2D eigenvalue weighted by Gasteiger charge is 2.31. The van der Waals surface area contributed by atoms with Gasteiger partial charge in [-0.1, -0.05) is 6.92 Å². The van der Waals surface area contributed by atoms with Gasteiger partial charge in [-0.15, -0.1) is 0 Å². The molecule has 0 bridgehead atoms. The molecule has 108 valence electrons. The summed E-state index contributed by atoms with van der Waals surface area (Å²) in [6.45, 7) is 1.89. The number of rotatable bonds is 5. The van der Waals surface area contributed by atoms with Crippen molar-refractivity contribution in [2.45, 2.75) is 18.0 Å². The second-order valence-electron chi connectivity index (χ2n) is 3.77. The standard InChI is InChI=1S/C11H14F3NO2S2/c1-2-18-5-6-19(16,17)10-4-3-8(7-9(10)15)11(12,13)14/h3-4,7H,2,5-6,15H2,1H3. The summed E-state index contributed by atoms with van der Waals surface area (Å²) in [7, 11) is -3.64. The molecule has 19 heavy (non-hydrogen) atoms. The van der Waals surface area contributed by atoms with Gasteiger partial charge in [-0.25, -0.2) is 8.42 Å². The van der Waals surface area contributed by atoms with E-state index in [-0.39, 0.29) is 16.3 Å². The average Bonchev–Trinajstić information content (AvgIpc) is 2.27. The lowest BCUT2D eigenvalue weighted by atomic mass is 10.2. The Morgan fingerprint density at radius 3 is 2.42 bits per heavy atom. The molecule has 1 aromatic rings. The van der Waals surface area contributed by atoms with Crippen LogP contribution in [0.3, 0.4) is 0 Å². The molecule has 2 N–H and O–H groups in total. The van der Waals surface area contributed by atoms with E-state index in [4.69, 9.17) is 5.73 Å². The van der Waals surface area contributed by atoms with Crippen molar-refractivity contribution < 1.29 is 21.6 Å². The molecule has 3 nitrogen and oxygen atoms in total. The number of hydrogen-bond acceptors (Lipinski definition) is 4. The Balaban J connectivity index is 3.03. The third-order valence-corrected chi connectivity index (χ3v) is 5.32. The summed E-state index contributed by atoms with van der Waals surface area (Å²) < 4.78 is 61.1. The minimum Gasteiger partial charge on any atom is -0.398 e. The van der Waals surface area contributed by atoms with Gasteiger partial charge in [0.25, 0.3) is 0 Å². The Hall–Kier alpha value is -0.890. The summed E-state index contributed by atoms with van der Waals surface area (Å²) in [5.41, 5.74) is 4.11. The van der Waals surface area contributed by atoms with Gasteiger partial charge in [0.1, 0.15) is 0 Å². The summed E-state index contributed by atoms with van der Waals surface area (Å²) in [4.78, 5) is -0.239. The molecular formula is C11H14F3NO2S2. The first-order valence-electron chi connectivity index (χ1n) is 5.45. The van der Waals surface area contributed by atoms with Crippen LogP contribution < -0.4 is 5.73 Å². The molecule has 0 atom stereocenters.